The Bertz CT molecular complexity index is 1050. The topological polar surface area (TPSA) is 80.1 Å². The van der Waals surface area contributed by atoms with Gasteiger partial charge < -0.3 is 14.1 Å². The molecule has 2 amide bonds. The number of hydrogen-bond acceptors (Lipinski definition) is 7. The molecule has 1 aromatic carbocycles. The molecule has 0 aliphatic carbocycles. The number of ether oxygens (including phenoxy) is 1. The molecule has 2 aliphatic heterocycles. The fraction of sp³-hybridized carbons (Fsp3) is 0.348. The van der Waals surface area contributed by atoms with Crippen molar-refractivity contribution in [1.82, 2.24) is 4.90 Å². The molecule has 3 heterocycles. The second-order valence-corrected chi connectivity index (χ2v) is 8.61. The number of nitrogens with zero attached hydrogens (tertiary/aromatic N) is 2. The first-order valence-electron chi connectivity index (χ1n) is 10.2. The van der Waals surface area contributed by atoms with Crippen LogP contribution in [0, 0.1) is 6.92 Å². The average molecular weight is 441 g/mol. The summed E-state index contributed by atoms with van der Waals surface area (Å²) < 4.78 is 9.99. The SMILES string of the molecule is COC(=O)c1ccc(CN2C(=O)S/C(=C/c3ccc(N4CCCCC4)cc3C)C2=O)o1. The number of aryl methyl sites for hydroxylation is 1. The van der Waals surface area contributed by atoms with Gasteiger partial charge in [0, 0.05) is 18.8 Å². The molecule has 7 nitrogen and oxygen atoms in total. The Labute approximate surface area is 185 Å². The summed E-state index contributed by atoms with van der Waals surface area (Å²) >= 11 is 0.909. The highest BCUT2D eigenvalue weighted by Crippen LogP contribution is 2.34. The fourth-order valence-corrected chi connectivity index (χ4v) is 4.61. The maximum atomic E-state index is 12.8. The molecule has 8 heteroatoms. The van der Waals surface area contributed by atoms with Crippen molar-refractivity contribution in [2.75, 3.05) is 25.1 Å². The highest BCUT2D eigenvalue weighted by molar-refractivity contribution is 8.18. The van der Waals surface area contributed by atoms with Gasteiger partial charge in [-0.05, 0) is 79.4 Å². The van der Waals surface area contributed by atoms with E-state index < -0.39 is 5.97 Å². The fourth-order valence-electron chi connectivity index (χ4n) is 3.78. The lowest BCUT2D eigenvalue weighted by Crippen LogP contribution is -2.29. The smallest absolute Gasteiger partial charge is 0.373 e. The minimum absolute atomic E-state index is 0.0319. The molecular weight excluding hydrogens is 416 g/mol. The van der Waals surface area contributed by atoms with Crippen LogP contribution in [0.25, 0.3) is 6.08 Å². The number of benzene rings is 1. The molecule has 2 fully saturated rings. The Morgan fingerprint density at radius 1 is 1.16 bits per heavy atom. The summed E-state index contributed by atoms with van der Waals surface area (Å²) in [5, 5.41) is -0.366. The summed E-state index contributed by atoms with van der Waals surface area (Å²) in [5.41, 5.74) is 3.17. The predicted molar refractivity (Wildman–Crippen MR) is 119 cm³/mol. The Morgan fingerprint density at radius 3 is 2.65 bits per heavy atom. The molecule has 0 saturated carbocycles. The number of furan rings is 1. The summed E-state index contributed by atoms with van der Waals surface area (Å²) in [6, 6.07) is 9.23. The molecule has 0 bridgehead atoms. The number of anilines is 1. The zero-order chi connectivity index (χ0) is 22.0. The number of thioether (sulfide) groups is 1. The molecule has 4 rings (SSSR count). The van der Waals surface area contributed by atoms with Gasteiger partial charge in [0.2, 0.25) is 5.76 Å². The molecule has 0 spiro atoms. The first-order valence-corrected chi connectivity index (χ1v) is 11.1. The molecule has 2 aromatic rings. The van der Waals surface area contributed by atoms with E-state index in [-0.39, 0.29) is 23.5 Å². The van der Waals surface area contributed by atoms with Crippen LogP contribution in [0.1, 0.15) is 46.7 Å². The van der Waals surface area contributed by atoms with Gasteiger partial charge in [-0.15, -0.1) is 0 Å². The standard InChI is InChI=1S/C23H24N2O5S/c1-15-12-17(24-10-4-3-5-11-24)7-6-16(15)13-20-21(26)25(23(28)31-20)14-18-8-9-19(30-18)22(27)29-2/h6-9,12-13H,3-5,10-11,14H2,1-2H3/b20-13+. The third-order valence-corrected chi connectivity index (χ3v) is 6.40. The van der Waals surface area contributed by atoms with Crippen molar-refractivity contribution < 1.29 is 23.5 Å². The number of rotatable bonds is 5. The normalized spacial score (nSPS) is 18.2. The molecule has 0 N–H and O–H groups in total. The van der Waals surface area contributed by atoms with Crippen molar-refractivity contribution in [3.05, 3.63) is 57.9 Å². The van der Waals surface area contributed by atoms with E-state index in [9.17, 15) is 14.4 Å². The van der Waals surface area contributed by atoms with E-state index in [1.54, 1.807) is 12.1 Å². The van der Waals surface area contributed by atoms with Crippen molar-refractivity contribution in [3.8, 4) is 0 Å². The maximum Gasteiger partial charge on any atom is 0.373 e. The quantitative estimate of drug-likeness (QED) is 0.496. The van der Waals surface area contributed by atoms with E-state index >= 15 is 0 Å². The van der Waals surface area contributed by atoms with E-state index in [2.05, 4.69) is 21.8 Å². The van der Waals surface area contributed by atoms with Crippen LogP contribution in [0.5, 0.6) is 0 Å². The van der Waals surface area contributed by atoms with E-state index in [0.29, 0.717) is 10.7 Å². The second kappa shape index (κ2) is 9.01. The van der Waals surface area contributed by atoms with Crippen LogP contribution in [0.15, 0.2) is 39.7 Å². The molecule has 31 heavy (non-hydrogen) atoms. The molecule has 2 aliphatic rings. The van der Waals surface area contributed by atoms with E-state index in [0.717, 1.165) is 40.9 Å². The summed E-state index contributed by atoms with van der Waals surface area (Å²) in [7, 11) is 1.26. The number of esters is 1. The van der Waals surface area contributed by atoms with Crippen LogP contribution in [0.3, 0.4) is 0 Å². The van der Waals surface area contributed by atoms with Gasteiger partial charge in [-0.2, -0.15) is 0 Å². The number of hydrogen-bond donors (Lipinski definition) is 0. The van der Waals surface area contributed by atoms with Crippen LogP contribution in [-0.4, -0.2) is 42.2 Å². The minimum atomic E-state index is -0.608. The molecule has 0 radical (unpaired) electrons. The Hall–Kier alpha value is -3.00. The van der Waals surface area contributed by atoms with Crippen LogP contribution in [0.2, 0.25) is 0 Å². The molecular formula is C23H24N2O5S. The number of carbonyl (C=O) groups excluding carboxylic acids is 3. The van der Waals surface area contributed by atoms with Crippen molar-refractivity contribution in [1.29, 1.82) is 0 Å². The molecule has 0 unspecified atom stereocenters. The second-order valence-electron chi connectivity index (χ2n) is 7.61. The monoisotopic (exact) mass is 440 g/mol. The highest BCUT2D eigenvalue weighted by atomic mass is 32.2. The zero-order valence-electron chi connectivity index (χ0n) is 17.6. The van der Waals surface area contributed by atoms with Crippen LogP contribution in [0.4, 0.5) is 10.5 Å². The Morgan fingerprint density at radius 2 is 1.94 bits per heavy atom. The van der Waals surface area contributed by atoms with E-state index in [1.807, 2.05) is 13.0 Å². The first-order chi connectivity index (χ1) is 15.0. The van der Waals surface area contributed by atoms with Crippen molar-refractivity contribution in [3.63, 3.8) is 0 Å². The molecule has 2 saturated heterocycles. The number of amides is 2. The average Bonchev–Trinajstić information content (AvgIpc) is 3.35. The zero-order valence-corrected chi connectivity index (χ0v) is 18.4. The van der Waals surface area contributed by atoms with Crippen molar-refractivity contribution >= 4 is 40.6 Å². The number of carbonyl (C=O) groups is 3. The van der Waals surface area contributed by atoms with E-state index in [1.165, 1.54) is 38.1 Å². The van der Waals surface area contributed by atoms with Gasteiger partial charge in [0.1, 0.15) is 5.76 Å². The Balaban J connectivity index is 1.49. The van der Waals surface area contributed by atoms with E-state index in [4.69, 9.17) is 4.42 Å². The lowest BCUT2D eigenvalue weighted by Gasteiger charge is -2.29. The number of imide groups is 1. The summed E-state index contributed by atoms with van der Waals surface area (Å²) in [6.45, 7) is 4.12. The van der Waals surface area contributed by atoms with Gasteiger partial charge in [0.05, 0.1) is 18.6 Å². The third-order valence-electron chi connectivity index (χ3n) is 5.50. The van der Waals surface area contributed by atoms with Gasteiger partial charge in [-0.25, -0.2) is 4.79 Å². The van der Waals surface area contributed by atoms with Crippen molar-refractivity contribution in [2.45, 2.75) is 32.7 Å². The van der Waals surface area contributed by atoms with Gasteiger partial charge in [0.25, 0.3) is 11.1 Å². The lowest BCUT2D eigenvalue weighted by atomic mass is 10.0. The number of methoxy groups -OCH3 is 1. The summed E-state index contributed by atoms with van der Waals surface area (Å²) in [4.78, 5) is 40.6. The van der Waals surface area contributed by atoms with Crippen LogP contribution < -0.4 is 4.90 Å². The minimum Gasteiger partial charge on any atom is -0.463 e. The predicted octanol–water partition coefficient (Wildman–Crippen LogP) is 4.60. The molecule has 0 atom stereocenters. The van der Waals surface area contributed by atoms with Gasteiger partial charge in [-0.3, -0.25) is 14.5 Å². The molecule has 1 aromatic heterocycles. The summed E-state index contributed by atoms with van der Waals surface area (Å²) in [5.74, 6) is -0.607. The van der Waals surface area contributed by atoms with Gasteiger partial charge in [-0.1, -0.05) is 6.07 Å². The molecule has 162 valence electrons. The lowest BCUT2D eigenvalue weighted by molar-refractivity contribution is -0.123. The van der Waals surface area contributed by atoms with Gasteiger partial charge >= 0.3 is 5.97 Å². The third kappa shape index (κ3) is 4.54. The summed E-state index contributed by atoms with van der Waals surface area (Å²) in [6.07, 6.45) is 5.48. The number of piperidine rings is 1. The largest absolute Gasteiger partial charge is 0.463 e. The highest BCUT2D eigenvalue weighted by Gasteiger charge is 2.36. The van der Waals surface area contributed by atoms with Crippen LogP contribution in [-0.2, 0) is 16.1 Å². The first kappa shape index (κ1) is 21.2. The van der Waals surface area contributed by atoms with Crippen LogP contribution >= 0.6 is 11.8 Å². The Kier molecular flexibility index (Phi) is 6.18. The van der Waals surface area contributed by atoms with Crippen molar-refractivity contribution in [2.24, 2.45) is 0 Å². The maximum absolute atomic E-state index is 12.8. The van der Waals surface area contributed by atoms with Gasteiger partial charge in [0.15, 0.2) is 0 Å².